The van der Waals surface area contributed by atoms with Gasteiger partial charge in [-0.05, 0) is 44.5 Å². The summed E-state index contributed by atoms with van der Waals surface area (Å²) in [6.45, 7) is 3.82. The molecule has 8 heteroatoms. The fourth-order valence-electron chi connectivity index (χ4n) is 2.15. The summed E-state index contributed by atoms with van der Waals surface area (Å²) in [5.41, 5.74) is -0.739. The molecular weight excluding hydrogens is 328 g/mol. The molecule has 0 atom stereocenters. The third-order valence-corrected chi connectivity index (χ3v) is 5.14. The fourth-order valence-corrected chi connectivity index (χ4v) is 3.24. The number of benzene rings is 1. The highest BCUT2D eigenvalue weighted by Gasteiger charge is 2.27. The van der Waals surface area contributed by atoms with Gasteiger partial charge >= 0.3 is 0 Å². The minimum atomic E-state index is -3.77. The highest BCUT2D eigenvalue weighted by atomic mass is 32.2. The minimum absolute atomic E-state index is 0.0628. The molecule has 24 heavy (non-hydrogen) atoms. The number of amides is 1. The van der Waals surface area contributed by atoms with E-state index >= 15 is 0 Å². The van der Waals surface area contributed by atoms with Gasteiger partial charge < -0.3 is 10.2 Å². The zero-order valence-corrected chi connectivity index (χ0v) is 14.7. The molecular formula is C16H20N4O3S. The first kappa shape index (κ1) is 17.9. The number of likely N-dealkylation sites (tertiary alicyclic amines) is 1. The van der Waals surface area contributed by atoms with Gasteiger partial charge in [-0.15, -0.1) is 4.40 Å². The number of nitrogens with one attached hydrogen (secondary N) is 1. The third-order valence-electron chi connectivity index (χ3n) is 3.82. The van der Waals surface area contributed by atoms with E-state index in [1.807, 2.05) is 18.0 Å². The molecule has 1 saturated heterocycles. The van der Waals surface area contributed by atoms with Gasteiger partial charge in [-0.1, -0.05) is 0 Å². The van der Waals surface area contributed by atoms with Gasteiger partial charge in [0.1, 0.15) is 11.3 Å². The molecule has 1 fully saturated rings. The monoisotopic (exact) mass is 348 g/mol. The van der Waals surface area contributed by atoms with Crippen molar-refractivity contribution in [2.75, 3.05) is 18.9 Å². The highest BCUT2D eigenvalue weighted by molar-refractivity contribution is 7.90. The Hall–Kier alpha value is -2.40. The molecule has 1 aromatic carbocycles. The molecule has 1 aliphatic heterocycles. The SMILES string of the molecule is CN1CCC/C1=N\S(=O)(=O)c1ccc(NC(=O)C(C)(C)C#N)cc1. The van der Waals surface area contributed by atoms with E-state index in [9.17, 15) is 13.2 Å². The van der Waals surface area contributed by atoms with Gasteiger partial charge in [-0.3, -0.25) is 4.79 Å². The van der Waals surface area contributed by atoms with Gasteiger partial charge in [0.2, 0.25) is 5.91 Å². The molecule has 0 saturated carbocycles. The van der Waals surface area contributed by atoms with E-state index in [2.05, 4.69) is 9.71 Å². The number of anilines is 1. The van der Waals surface area contributed by atoms with Crippen LogP contribution in [0.2, 0.25) is 0 Å². The van der Waals surface area contributed by atoms with Crippen molar-refractivity contribution in [3.8, 4) is 6.07 Å². The summed E-state index contributed by atoms with van der Waals surface area (Å²) in [5, 5.41) is 11.5. The largest absolute Gasteiger partial charge is 0.362 e. The van der Waals surface area contributed by atoms with Gasteiger partial charge in [0, 0.05) is 25.7 Å². The second kappa shape index (κ2) is 6.61. The molecule has 0 aliphatic carbocycles. The Balaban J connectivity index is 2.18. The number of rotatable bonds is 4. The van der Waals surface area contributed by atoms with Crippen LogP contribution in [-0.2, 0) is 14.8 Å². The summed E-state index contributed by atoms with van der Waals surface area (Å²) in [5.74, 6) is 0.108. The van der Waals surface area contributed by atoms with Crippen LogP contribution in [0, 0.1) is 16.7 Å². The van der Waals surface area contributed by atoms with Crippen LogP contribution in [0.5, 0.6) is 0 Å². The molecule has 1 amide bonds. The molecule has 0 bridgehead atoms. The molecule has 7 nitrogen and oxygen atoms in total. The van der Waals surface area contributed by atoms with Crippen LogP contribution < -0.4 is 5.32 Å². The van der Waals surface area contributed by atoms with E-state index in [1.165, 1.54) is 38.1 Å². The molecule has 1 aromatic rings. The number of hydrogen-bond acceptors (Lipinski definition) is 4. The maximum atomic E-state index is 12.3. The second-order valence-electron chi connectivity index (χ2n) is 6.22. The van der Waals surface area contributed by atoms with E-state index in [-0.39, 0.29) is 4.90 Å². The quantitative estimate of drug-likeness (QED) is 0.896. The average molecular weight is 348 g/mol. The summed E-state index contributed by atoms with van der Waals surface area (Å²) in [6, 6.07) is 7.66. The van der Waals surface area contributed by atoms with Crippen LogP contribution in [0.3, 0.4) is 0 Å². The van der Waals surface area contributed by atoms with Gasteiger partial charge in [0.25, 0.3) is 10.0 Å². The van der Waals surface area contributed by atoms with E-state index in [0.717, 1.165) is 13.0 Å². The van der Waals surface area contributed by atoms with E-state index in [1.54, 1.807) is 0 Å². The number of nitrogens with zero attached hydrogens (tertiary/aromatic N) is 3. The summed E-state index contributed by atoms with van der Waals surface area (Å²) >= 11 is 0. The van der Waals surface area contributed by atoms with Gasteiger partial charge in [-0.2, -0.15) is 13.7 Å². The van der Waals surface area contributed by atoms with Crippen molar-refractivity contribution in [3.05, 3.63) is 24.3 Å². The average Bonchev–Trinajstić information content (AvgIpc) is 2.92. The normalized spacial score (nSPS) is 16.9. The van der Waals surface area contributed by atoms with E-state index < -0.39 is 21.3 Å². The third kappa shape index (κ3) is 3.92. The molecule has 1 heterocycles. The fraction of sp³-hybridized carbons (Fsp3) is 0.438. The smallest absolute Gasteiger partial charge is 0.283 e. The summed E-state index contributed by atoms with van der Waals surface area (Å²) in [4.78, 5) is 13.8. The predicted octanol–water partition coefficient (Wildman–Crippen LogP) is 1.99. The van der Waals surface area contributed by atoms with Crippen molar-refractivity contribution in [1.82, 2.24) is 4.90 Å². The van der Waals surface area contributed by atoms with E-state index in [0.29, 0.717) is 17.9 Å². The van der Waals surface area contributed by atoms with Crippen LogP contribution >= 0.6 is 0 Å². The number of amidine groups is 1. The van der Waals surface area contributed by atoms with Gasteiger partial charge in [0.05, 0.1) is 11.0 Å². The zero-order valence-electron chi connectivity index (χ0n) is 13.9. The lowest BCUT2D eigenvalue weighted by Crippen LogP contribution is -2.29. The maximum absolute atomic E-state index is 12.3. The van der Waals surface area contributed by atoms with Crippen molar-refractivity contribution in [2.24, 2.45) is 9.81 Å². The summed E-state index contributed by atoms with van der Waals surface area (Å²) < 4.78 is 28.5. The molecule has 0 aromatic heterocycles. The van der Waals surface area contributed by atoms with Gasteiger partial charge in [0.15, 0.2) is 0 Å². The van der Waals surface area contributed by atoms with Gasteiger partial charge in [-0.25, -0.2) is 0 Å². The first-order valence-electron chi connectivity index (χ1n) is 7.53. The zero-order chi connectivity index (χ0) is 18.0. The molecule has 0 unspecified atom stereocenters. The van der Waals surface area contributed by atoms with E-state index in [4.69, 9.17) is 5.26 Å². The van der Waals surface area contributed by atoms with Crippen molar-refractivity contribution in [1.29, 1.82) is 5.26 Å². The summed E-state index contributed by atoms with van der Waals surface area (Å²) in [6.07, 6.45) is 1.54. The van der Waals surface area contributed by atoms with Crippen LogP contribution in [-0.4, -0.2) is 38.7 Å². The first-order valence-corrected chi connectivity index (χ1v) is 8.97. The molecule has 2 rings (SSSR count). The Morgan fingerprint density at radius 3 is 2.46 bits per heavy atom. The molecule has 1 N–H and O–H groups in total. The number of carbonyl (C=O) groups is 1. The van der Waals surface area contributed by atoms with Crippen molar-refractivity contribution in [3.63, 3.8) is 0 Å². The Labute approximate surface area is 142 Å². The number of carbonyl (C=O) groups excluding carboxylic acids is 1. The highest BCUT2D eigenvalue weighted by Crippen LogP contribution is 2.21. The molecule has 128 valence electrons. The standard InChI is InChI=1S/C16H20N4O3S/c1-16(2,11-17)15(21)18-12-6-8-13(9-7-12)24(22,23)19-14-5-4-10-20(14)3/h6-9H,4-5,10H2,1-3H3,(H,18,21)/b19-14+. The Bertz CT molecular complexity index is 805. The lowest BCUT2D eigenvalue weighted by molar-refractivity contribution is -0.121. The van der Waals surface area contributed by atoms with Crippen LogP contribution in [0.4, 0.5) is 5.69 Å². The Kier molecular flexibility index (Phi) is 4.94. The summed E-state index contributed by atoms with van der Waals surface area (Å²) in [7, 11) is -1.96. The van der Waals surface area contributed by atoms with Crippen molar-refractivity contribution >= 4 is 27.5 Å². The molecule has 0 radical (unpaired) electrons. The number of nitriles is 1. The minimum Gasteiger partial charge on any atom is -0.362 e. The number of hydrogen-bond donors (Lipinski definition) is 1. The predicted molar refractivity (Wildman–Crippen MR) is 91.0 cm³/mol. The van der Waals surface area contributed by atoms with Crippen molar-refractivity contribution in [2.45, 2.75) is 31.6 Å². The van der Waals surface area contributed by atoms with Crippen LogP contribution in [0.25, 0.3) is 0 Å². The Morgan fingerprint density at radius 2 is 1.96 bits per heavy atom. The molecule has 1 aliphatic rings. The van der Waals surface area contributed by atoms with Crippen LogP contribution in [0.1, 0.15) is 26.7 Å². The Morgan fingerprint density at radius 1 is 1.33 bits per heavy atom. The second-order valence-corrected chi connectivity index (χ2v) is 7.83. The molecule has 0 spiro atoms. The lowest BCUT2D eigenvalue weighted by atomic mass is 9.95. The maximum Gasteiger partial charge on any atom is 0.283 e. The van der Waals surface area contributed by atoms with Crippen LogP contribution in [0.15, 0.2) is 33.6 Å². The number of sulfonamides is 1. The van der Waals surface area contributed by atoms with Crippen molar-refractivity contribution < 1.29 is 13.2 Å². The topological polar surface area (TPSA) is 103 Å². The first-order chi connectivity index (χ1) is 11.2. The lowest BCUT2D eigenvalue weighted by Gasteiger charge is -2.15.